The number of aliphatic hydroxyl groups excluding tert-OH is 1. The summed E-state index contributed by atoms with van der Waals surface area (Å²) in [7, 11) is 0. The number of hydrogen-bond acceptors (Lipinski definition) is 2. The van der Waals surface area contributed by atoms with Crippen LogP contribution in [0.4, 0.5) is 4.39 Å². The van der Waals surface area contributed by atoms with Crippen molar-refractivity contribution in [2.45, 2.75) is 25.9 Å². The number of aromatic nitrogens is 1. The second kappa shape index (κ2) is 6.26. The molecule has 1 atom stereocenters. The standard InChI is InChI=1S/C15H15BrFNO/c1-2-10-6-4-8-18-15(10)13(19)9-11-5-3-7-12(17)14(11)16/h3-8,13,19H,2,9H2,1H3. The van der Waals surface area contributed by atoms with E-state index in [1.54, 1.807) is 18.3 Å². The number of nitrogens with zero attached hydrogens (tertiary/aromatic N) is 1. The van der Waals surface area contributed by atoms with Gasteiger partial charge in [-0.15, -0.1) is 0 Å². The highest BCUT2D eigenvalue weighted by Crippen LogP contribution is 2.26. The molecule has 0 saturated heterocycles. The van der Waals surface area contributed by atoms with Crippen LogP contribution in [0.25, 0.3) is 0 Å². The van der Waals surface area contributed by atoms with Crippen molar-refractivity contribution in [2.75, 3.05) is 0 Å². The maximum absolute atomic E-state index is 13.4. The quantitative estimate of drug-likeness (QED) is 0.927. The number of benzene rings is 1. The summed E-state index contributed by atoms with van der Waals surface area (Å²) in [6.45, 7) is 2.02. The molecule has 19 heavy (non-hydrogen) atoms. The molecule has 0 radical (unpaired) electrons. The van der Waals surface area contributed by atoms with Crippen molar-refractivity contribution in [1.29, 1.82) is 0 Å². The van der Waals surface area contributed by atoms with Gasteiger partial charge in [-0.3, -0.25) is 4.98 Å². The lowest BCUT2D eigenvalue weighted by molar-refractivity contribution is 0.172. The largest absolute Gasteiger partial charge is 0.386 e. The van der Waals surface area contributed by atoms with E-state index in [1.165, 1.54) is 6.07 Å². The number of hydrogen-bond donors (Lipinski definition) is 1. The van der Waals surface area contributed by atoms with Crippen molar-refractivity contribution >= 4 is 15.9 Å². The lowest BCUT2D eigenvalue weighted by atomic mass is 10.0. The van der Waals surface area contributed by atoms with E-state index in [2.05, 4.69) is 20.9 Å². The number of aryl methyl sites for hydroxylation is 1. The Kier molecular flexibility index (Phi) is 4.66. The van der Waals surface area contributed by atoms with Crippen molar-refractivity contribution in [3.63, 3.8) is 0 Å². The summed E-state index contributed by atoms with van der Waals surface area (Å²) in [5.41, 5.74) is 2.42. The minimum absolute atomic E-state index is 0.318. The summed E-state index contributed by atoms with van der Waals surface area (Å²) in [5.74, 6) is -0.318. The average Bonchev–Trinajstić information content (AvgIpc) is 2.43. The fraction of sp³-hybridized carbons (Fsp3) is 0.267. The van der Waals surface area contributed by atoms with Gasteiger partial charge in [-0.25, -0.2) is 4.39 Å². The Morgan fingerprint density at radius 3 is 2.74 bits per heavy atom. The minimum Gasteiger partial charge on any atom is -0.386 e. The molecule has 0 bridgehead atoms. The Hall–Kier alpha value is -1.26. The van der Waals surface area contributed by atoms with Gasteiger partial charge in [-0.2, -0.15) is 0 Å². The third kappa shape index (κ3) is 3.19. The van der Waals surface area contributed by atoms with E-state index in [0.29, 0.717) is 16.6 Å². The maximum atomic E-state index is 13.4. The average molecular weight is 324 g/mol. The van der Waals surface area contributed by atoms with E-state index in [1.807, 2.05) is 19.1 Å². The van der Waals surface area contributed by atoms with Crippen LogP contribution < -0.4 is 0 Å². The topological polar surface area (TPSA) is 33.1 Å². The van der Waals surface area contributed by atoms with E-state index < -0.39 is 6.10 Å². The van der Waals surface area contributed by atoms with Crippen molar-refractivity contribution < 1.29 is 9.50 Å². The van der Waals surface area contributed by atoms with Crippen LogP contribution >= 0.6 is 15.9 Å². The van der Waals surface area contributed by atoms with E-state index >= 15 is 0 Å². The lowest BCUT2D eigenvalue weighted by Crippen LogP contribution is -2.08. The van der Waals surface area contributed by atoms with Crippen molar-refractivity contribution in [2.24, 2.45) is 0 Å². The zero-order valence-electron chi connectivity index (χ0n) is 10.6. The minimum atomic E-state index is -0.728. The number of aliphatic hydroxyl groups is 1. The van der Waals surface area contributed by atoms with Crippen LogP contribution in [0, 0.1) is 5.82 Å². The highest BCUT2D eigenvalue weighted by atomic mass is 79.9. The molecule has 1 N–H and O–H groups in total. The van der Waals surface area contributed by atoms with Gasteiger partial charge < -0.3 is 5.11 Å². The van der Waals surface area contributed by atoms with Crippen LogP contribution in [-0.2, 0) is 12.8 Å². The first-order chi connectivity index (χ1) is 9.13. The molecule has 4 heteroatoms. The van der Waals surface area contributed by atoms with E-state index in [9.17, 15) is 9.50 Å². The molecule has 2 rings (SSSR count). The van der Waals surface area contributed by atoms with Crippen LogP contribution in [0.2, 0.25) is 0 Å². The molecule has 0 saturated carbocycles. The SMILES string of the molecule is CCc1cccnc1C(O)Cc1cccc(F)c1Br. The molecule has 0 aliphatic carbocycles. The van der Waals surface area contributed by atoms with E-state index in [0.717, 1.165) is 17.5 Å². The van der Waals surface area contributed by atoms with Gasteiger partial charge in [-0.1, -0.05) is 25.1 Å². The second-order valence-corrected chi connectivity index (χ2v) is 5.13. The van der Waals surface area contributed by atoms with Gasteiger partial charge in [-0.05, 0) is 45.6 Å². The lowest BCUT2D eigenvalue weighted by Gasteiger charge is -2.14. The fourth-order valence-electron chi connectivity index (χ4n) is 2.06. The monoisotopic (exact) mass is 323 g/mol. The molecular formula is C15H15BrFNO. The molecule has 0 spiro atoms. The Morgan fingerprint density at radius 1 is 1.26 bits per heavy atom. The van der Waals surface area contributed by atoms with Crippen molar-refractivity contribution in [1.82, 2.24) is 4.98 Å². The van der Waals surface area contributed by atoms with Gasteiger partial charge in [0.05, 0.1) is 10.2 Å². The van der Waals surface area contributed by atoms with E-state index in [4.69, 9.17) is 0 Å². The van der Waals surface area contributed by atoms with Gasteiger partial charge in [0.1, 0.15) is 11.9 Å². The van der Waals surface area contributed by atoms with E-state index in [-0.39, 0.29) is 5.82 Å². The Morgan fingerprint density at radius 2 is 2.00 bits per heavy atom. The normalized spacial score (nSPS) is 12.4. The van der Waals surface area contributed by atoms with Crippen LogP contribution in [0.1, 0.15) is 29.8 Å². The zero-order chi connectivity index (χ0) is 13.8. The molecule has 0 aliphatic heterocycles. The second-order valence-electron chi connectivity index (χ2n) is 4.33. The molecule has 1 unspecified atom stereocenters. The number of pyridine rings is 1. The molecule has 1 heterocycles. The Labute approximate surface area is 120 Å². The highest BCUT2D eigenvalue weighted by molar-refractivity contribution is 9.10. The number of halogens is 2. The molecule has 2 aromatic rings. The van der Waals surface area contributed by atoms with Crippen LogP contribution in [-0.4, -0.2) is 10.1 Å². The Balaban J connectivity index is 2.26. The first-order valence-electron chi connectivity index (χ1n) is 6.18. The van der Waals surface area contributed by atoms with Gasteiger partial charge >= 0.3 is 0 Å². The van der Waals surface area contributed by atoms with Crippen LogP contribution in [0.3, 0.4) is 0 Å². The zero-order valence-corrected chi connectivity index (χ0v) is 12.2. The number of rotatable bonds is 4. The van der Waals surface area contributed by atoms with Gasteiger partial charge in [0, 0.05) is 12.6 Å². The molecule has 100 valence electrons. The first kappa shape index (κ1) is 14.2. The fourth-order valence-corrected chi connectivity index (χ4v) is 2.49. The molecule has 1 aromatic heterocycles. The molecule has 0 amide bonds. The molecular weight excluding hydrogens is 309 g/mol. The molecule has 2 nitrogen and oxygen atoms in total. The van der Waals surface area contributed by atoms with Crippen LogP contribution in [0.15, 0.2) is 41.0 Å². The van der Waals surface area contributed by atoms with Crippen molar-refractivity contribution in [3.8, 4) is 0 Å². The molecule has 0 fully saturated rings. The van der Waals surface area contributed by atoms with Gasteiger partial charge in [0.2, 0.25) is 0 Å². The summed E-state index contributed by atoms with van der Waals surface area (Å²) in [4.78, 5) is 4.24. The summed E-state index contributed by atoms with van der Waals surface area (Å²) < 4.78 is 13.8. The van der Waals surface area contributed by atoms with Crippen LogP contribution in [0.5, 0.6) is 0 Å². The maximum Gasteiger partial charge on any atom is 0.137 e. The first-order valence-corrected chi connectivity index (χ1v) is 6.97. The van der Waals surface area contributed by atoms with Crippen molar-refractivity contribution in [3.05, 3.63) is 63.6 Å². The summed E-state index contributed by atoms with van der Waals surface area (Å²) in [6.07, 6.45) is 2.08. The van der Waals surface area contributed by atoms with Gasteiger partial charge in [0.25, 0.3) is 0 Å². The van der Waals surface area contributed by atoms with Gasteiger partial charge in [0.15, 0.2) is 0 Å². The Bertz CT molecular complexity index is 574. The molecule has 0 aliphatic rings. The molecule has 1 aromatic carbocycles. The predicted octanol–water partition coefficient (Wildman–Crippen LogP) is 3.82. The third-order valence-electron chi connectivity index (χ3n) is 3.07. The summed E-state index contributed by atoms with van der Waals surface area (Å²) in [5, 5.41) is 10.3. The summed E-state index contributed by atoms with van der Waals surface area (Å²) in [6, 6.07) is 8.63. The third-order valence-corrected chi connectivity index (χ3v) is 3.96. The highest BCUT2D eigenvalue weighted by Gasteiger charge is 2.16. The smallest absolute Gasteiger partial charge is 0.137 e. The predicted molar refractivity (Wildman–Crippen MR) is 76.4 cm³/mol. The summed E-state index contributed by atoms with van der Waals surface area (Å²) >= 11 is 3.21.